The highest BCUT2D eigenvalue weighted by Gasteiger charge is 2.32. The van der Waals surface area contributed by atoms with Crippen molar-refractivity contribution in [3.8, 4) is 0 Å². The van der Waals surface area contributed by atoms with Crippen molar-refractivity contribution in [1.82, 2.24) is 10.2 Å². The van der Waals surface area contributed by atoms with Crippen LogP contribution >= 0.6 is 0 Å². The molecule has 0 spiro atoms. The van der Waals surface area contributed by atoms with Crippen molar-refractivity contribution in [2.24, 2.45) is 5.92 Å². The average molecular weight is 270 g/mol. The number of amides is 2. The van der Waals surface area contributed by atoms with Gasteiger partial charge in [-0.1, -0.05) is 13.8 Å². The number of hydrogen-bond donors (Lipinski definition) is 1. The van der Waals surface area contributed by atoms with Gasteiger partial charge < -0.3 is 15.0 Å². The fraction of sp³-hybridized carbons (Fsp3) is 0.857. The van der Waals surface area contributed by atoms with Gasteiger partial charge in [0.1, 0.15) is 6.04 Å². The minimum absolute atomic E-state index is 0.0274. The SMILES string of the molecule is COCCC(C)N1CCC(=O)NC(CC(C)C)C1=O. The third-order valence-corrected chi connectivity index (χ3v) is 3.48. The van der Waals surface area contributed by atoms with Crippen LogP contribution in [0.15, 0.2) is 0 Å². The van der Waals surface area contributed by atoms with E-state index in [0.717, 1.165) is 6.42 Å². The van der Waals surface area contributed by atoms with Gasteiger partial charge in [-0.05, 0) is 25.7 Å². The van der Waals surface area contributed by atoms with Crippen LogP contribution in [-0.4, -0.2) is 49.1 Å². The normalized spacial score (nSPS) is 22.4. The van der Waals surface area contributed by atoms with Gasteiger partial charge in [0.15, 0.2) is 0 Å². The Morgan fingerprint density at radius 3 is 2.63 bits per heavy atom. The molecule has 1 rings (SSSR count). The first kappa shape index (κ1) is 16.0. The lowest BCUT2D eigenvalue weighted by atomic mass is 10.0. The summed E-state index contributed by atoms with van der Waals surface area (Å²) >= 11 is 0. The first-order chi connectivity index (χ1) is 8.95. The van der Waals surface area contributed by atoms with Crippen LogP contribution in [0.1, 0.15) is 40.0 Å². The fourth-order valence-corrected chi connectivity index (χ4v) is 2.37. The summed E-state index contributed by atoms with van der Waals surface area (Å²) in [5, 5.41) is 2.84. The number of carbonyl (C=O) groups is 2. The Balaban J connectivity index is 2.74. The number of ether oxygens (including phenoxy) is 1. The van der Waals surface area contributed by atoms with Crippen molar-refractivity contribution < 1.29 is 14.3 Å². The van der Waals surface area contributed by atoms with Gasteiger partial charge in [0.25, 0.3) is 0 Å². The number of methoxy groups -OCH3 is 1. The maximum atomic E-state index is 12.5. The summed E-state index contributed by atoms with van der Waals surface area (Å²) in [7, 11) is 1.66. The van der Waals surface area contributed by atoms with E-state index in [1.807, 2.05) is 11.8 Å². The molecule has 1 fully saturated rings. The third-order valence-electron chi connectivity index (χ3n) is 3.48. The summed E-state index contributed by atoms with van der Waals surface area (Å²) in [4.78, 5) is 26.0. The highest BCUT2D eigenvalue weighted by Crippen LogP contribution is 2.15. The first-order valence-corrected chi connectivity index (χ1v) is 7.04. The van der Waals surface area contributed by atoms with Crippen molar-refractivity contribution in [3.63, 3.8) is 0 Å². The van der Waals surface area contributed by atoms with Crippen LogP contribution < -0.4 is 5.32 Å². The Kier molecular flexibility index (Phi) is 6.28. The van der Waals surface area contributed by atoms with Crippen molar-refractivity contribution in [3.05, 3.63) is 0 Å². The smallest absolute Gasteiger partial charge is 0.245 e. The van der Waals surface area contributed by atoms with Crippen LogP contribution in [0.3, 0.4) is 0 Å². The molecule has 19 heavy (non-hydrogen) atoms. The second kappa shape index (κ2) is 7.48. The van der Waals surface area contributed by atoms with Crippen LogP contribution in [0.5, 0.6) is 0 Å². The lowest BCUT2D eigenvalue weighted by Crippen LogP contribution is -2.48. The summed E-state index contributed by atoms with van der Waals surface area (Å²) in [5.41, 5.74) is 0. The van der Waals surface area contributed by atoms with Crippen molar-refractivity contribution in [2.45, 2.75) is 52.1 Å². The molecule has 110 valence electrons. The molecule has 1 N–H and O–H groups in total. The number of nitrogens with one attached hydrogen (secondary N) is 1. The standard InChI is InChI=1S/C14H26N2O3/c1-10(2)9-12-14(18)16(7-5-13(17)15-12)11(3)6-8-19-4/h10-12H,5-9H2,1-4H3,(H,15,17). The first-order valence-electron chi connectivity index (χ1n) is 7.04. The molecule has 0 aromatic carbocycles. The quantitative estimate of drug-likeness (QED) is 0.788. The highest BCUT2D eigenvalue weighted by molar-refractivity contribution is 5.90. The average Bonchev–Trinajstić information content (AvgIpc) is 2.46. The predicted molar refractivity (Wildman–Crippen MR) is 73.7 cm³/mol. The molecule has 2 unspecified atom stereocenters. The summed E-state index contributed by atoms with van der Waals surface area (Å²) in [6.07, 6.45) is 1.88. The van der Waals surface area contributed by atoms with Gasteiger partial charge in [-0.15, -0.1) is 0 Å². The van der Waals surface area contributed by atoms with Crippen LogP contribution in [-0.2, 0) is 14.3 Å². The minimum Gasteiger partial charge on any atom is -0.385 e. The lowest BCUT2D eigenvalue weighted by molar-refractivity contribution is -0.136. The Hall–Kier alpha value is -1.10. The lowest BCUT2D eigenvalue weighted by Gasteiger charge is -2.30. The van der Waals surface area contributed by atoms with E-state index < -0.39 is 0 Å². The molecule has 5 heteroatoms. The van der Waals surface area contributed by atoms with E-state index >= 15 is 0 Å². The van der Waals surface area contributed by atoms with Crippen molar-refractivity contribution in [2.75, 3.05) is 20.3 Å². The Labute approximate surface area is 115 Å². The van der Waals surface area contributed by atoms with E-state index in [9.17, 15) is 9.59 Å². The van der Waals surface area contributed by atoms with E-state index in [1.54, 1.807) is 7.11 Å². The molecule has 1 aliphatic rings. The van der Waals surface area contributed by atoms with Gasteiger partial charge >= 0.3 is 0 Å². The monoisotopic (exact) mass is 270 g/mol. The van der Waals surface area contributed by atoms with E-state index in [1.165, 1.54) is 0 Å². The minimum atomic E-state index is -0.375. The molecule has 5 nitrogen and oxygen atoms in total. The second-order valence-corrected chi connectivity index (χ2v) is 5.66. The summed E-state index contributed by atoms with van der Waals surface area (Å²) in [6.45, 7) is 7.26. The molecule has 0 radical (unpaired) electrons. The molecule has 2 atom stereocenters. The zero-order valence-electron chi connectivity index (χ0n) is 12.4. The van der Waals surface area contributed by atoms with Crippen LogP contribution in [0.25, 0.3) is 0 Å². The van der Waals surface area contributed by atoms with Crippen LogP contribution in [0, 0.1) is 5.92 Å². The zero-order chi connectivity index (χ0) is 14.4. The number of carbonyl (C=O) groups excluding carboxylic acids is 2. The van der Waals surface area contributed by atoms with E-state index in [0.29, 0.717) is 31.9 Å². The molecular formula is C14H26N2O3. The predicted octanol–water partition coefficient (Wildman–Crippen LogP) is 1.17. The van der Waals surface area contributed by atoms with Gasteiger partial charge in [-0.25, -0.2) is 0 Å². The molecule has 0 bridgehead atoms. The highest BCUT2D eigenvalue weighted by atomic mass is 16.5. The third kappa shape index (κ3) is 4.82. The summed E-state index contributed by atoms with van der Waals surface area (Å²) in [5.74, 6) is 0.395. The molecular weight excluding hydrogens is 244 g/mol. The molecule has 1 saturated heterocycles. The summed E-state index contributed by atoms with van der Waals surface area (Å²) in [6, 6.07) is -0.269. The van der Waals surface area contributed by atoms with Gasteiger partial charge in [0.2, 0.25) is 11.8 Å². The fourth-order valence-electron chi connectivity index (χ4n) is 2.37. The molecule has 0 aromatic heterocycles. The Morgan fingerprint density at radius 2 is 2.05 bits per heavy atom. The van der Waals surface area contributed by atoms with Crippen molar-refractivity contribution >= 4 is 11.8 Å². The largest absolute Gasteiger partial charge is 0.385 e. The Bertz CT molecular complexity index is 318. The Morgan fingerprint density at radius 1 is 1.37 bits per heavy atom. The van der Waals surface area contributed by atoms with Crippen molar-refractivity contribution in [1.29, 1.82) is 0 Å². The van der Waals surface area contributed by atoms with Gasteiger partial charge in [0.05, 0.1) is 0 Å². The van der Waals surface area contributed by atoms with Crippen LogP contribution in [0.2, 0.25) is 0 Å². The van der Waals surface area contributed by atoms with Gasteiger partial charge in [-0.2, -0.15) is 0 Å². The topological polar surface area (TPSA) is 58.6 Å². The maximum Gasteiger partial charge on any atom is 0.245 e. The molecule has 0 aliphatic carbocycles. The van der Waals surface area contributed by atoms with Gasteiger partial charge in [0, 0.05) is 32.7 Å². The zero-order valence-corrected chi connectivity index (χ0v) is 12.4. The maximum absolute atomic E-state index is 12.5. The molecule has 2 amide bonds. The molecule has 0 aromatic rings. The number of rotatable bonds is 6. The second-order valence-electron chi connectivity index (χ2n) is 5.66. The molecule has 1 heterocycles. The van der Waals surface area contributed by atoms with Gasteiger partial charge in [-0.3, -0.25) is 9.59 Å². The summed E-state index contributed by atoms with van der Waals surface area (Å²) < 4.78 is 5.06. The van der Waals surface area contributed by atoms with E-state index in [4.69, 9.17) is 4.74 Å². The number of hydrogen-bond acceptors (Lipinski definition) is 3. The number of nitrogens with zero attached hydrogens (tertiary/aromatic N) is 1. The van der Waals surface area contributed by atoms with E-state index in [2.05, 4.69) is 19.2 Å². The molecule has 0 saturated carbocycles. The van der Waals surface area contributed by atoms with E-state index in [-0.39, 0.29) is 23.9 Å². The van der Waals surface area contributed by atoms with Crippen LogP contribution in [0.4, 0.5) is 0 Å². The molecule has 1 aliphatic heterocycles.